The number of aliphatic hydroxyl groups is 1. The molecule has 0 aromatic heterocycles. The summed E-state index contributed by atoms with van der Waals surface area (Å²) in [6.07, 6.45) is 30.3. The van der Waals surface area contributed by atoms with Crippen molar-refractivity contribution in [2.45, 2.75) is 96.5 Å². The summed E-state index contributed by atoms with van der Waals surface area (Å²) in [5.74, 6) is 9.23. The summed E-state index contributed by atoms with van der Waals surface area (Å²) in [4.78, 5) is 10.2. The third-order valence-corrected chi connectivity index (χ3v) is 11.7. The molecule has 4 aliphatic rings. The summed E-state index contributed by atoms with van der Waals surface area (Å²) in [7, 11) is -7.33. The van der Waals surface area contributed by atoms with Crippen LogP contribution in [0.15, 0.2) is 127 Å². The molecule has 0 radical (unpaired) electrons. The normalized spacial score (nSPS) is 16.3. The predicted molar refractivity (Wildman–Crippen MR) is 348 cm³/mol. The van der Waals surface area contributed by atoms with Crippen molar-refractivity contribution in [2.75, 3.05) is 38.7 Å². The summed E-state index contributed by atoms with van der Waals surface area (Å²) in [5, 5.41) is 30.8. The van der Waals surface area contributed by atoms with E-state index in [-0.39, 0.29) is 38.8 Å². The first-order valence-corrected chi connectivity index (χ1v) is 40.2. The largest absolute Gasteiger partial charge is 0.479 e. The summed E-state index contributed by atoms with van der Waals surface area (Å²) < 4.78 is 51.7. The van der Waals surface area contributed by atoms with Crippen LogP contribution in [0.25, 0.3) is 0 Å². The molecule has 0 heterocycles. The molecule has 5 aromatic carbocycles. The number of carboxylic acid groups (broad SMARTS) is 1. The second-order valence-corrected chi connectivity index (χ2v) is 36.3. The summed E-state index contributed by atoms with van der Waals surface area (Å²) in [6.45, 7) is 2.66. The van der Waals surface area contributed by atoms with E-state index in [2.05, 4.69) is 179 Å². The average Bonchev–Trinajstić information content (AvgIpc) is 4.22. The van der Waals surface area contributed by atoms with Gasteiger partial charge < -0.3 is 10.2 Å². The monoisotopic (exact) mass is 1570 g/mol. The first kappa shape index (κ1) is 77.4. The van der Waals surface area contributed by atoms with Crippen LogP contribution in [0.3, 0.4) is 0 Å². The van der Waals surface area contributed by atoms with Crippen molar-refractivity contribution in [3.8, 4) is 49.4 Å². The van der Waals surface area contributed by atoms with Crippen LogP contribution in [0.1, 0.15) is 121 Å². The third-order valence-electron chi connectivity index (χ3n) is 11.7. The molecule has 0 fully saturated rings. The maximum absolute atomic E-state index is 10.2. The minimum absolute atomic E-state index is 0. The molecule has 19 heteroatoms. The molecule has 4 aliphatic carbocycles. The Labute approximate surface area is 519 Å². The number of carbonyl (C=O) groups is 1. The van der Waals surface area contributed by atoms with E-state index in [1.807, 2.05) is 0 Å². The zero-order valence-corrected chi connectivity index (χ0v) is 53.4. The SMILES string of the molecule is C.C.C#CCNC1CCc2ccccc21.C#CCN[C@@H]1CCc2ccccc21.C#CCN[C@@H]1CCc2ccccc21.C#CCN[C@@H]1CCc2ccccc21.CS(=O)(=O)O.CS(=O)(=O)O.I.I[I-]I.O=C(O)[C@@H](O)c1ccccc1. The Morgan fingerprint density at radius 2 is 0.722 bits per heavy atom. The number of aryl methyl sites for hydroxylation is 4. The fourth-order valence-electron chi connectivity index (χ4n) is 8.58. The quantitative estimate of drug-likeness (QED) is 0.0378. The van der Waals surface area contributed by atoms with Gasteiger partial charge in [-0.25, -0.2) is 4.79 Å². The van der Waals surface area contributed by atoms with E-state index < -0.39 is 32.3 Å². The van der Waals surface area contributed by atoms with Gasteiger partial charge in [-0.1, -0.05) is 166 Å². The van der Waals surface area contributed by atoms with Gasteiger partial charge in [0.15, 0.2) is 6.10 Å². The van der Waals surface area contributed by atoms with Crippen LogP contribution in [0.4, 0.5) is 0 Å². The molecule has 9 rings (SSSR count). The first-order valence-electron chi connectivity index (χ1n) is 24.0. The molecule has 0 spiro atoms. The molecule has 0 saturated heterocycles. The van der Waals surface area contributed by atoms with E-state index in [0.717, 1.165) is 0 Å². The van der Waals surface area contributed by atoms with E-state index in [1.54, 1.807) is 30.3 Å². The molecule has 8 N–H and O–H groups in total. The second kappa shape index (κ2) is 44.0. The number of rotatable bonds is 10. The van der Waals surface area contributed by atoms with E-state index in [1.165, 1.54) is 95.9 Å². The molecule has 5 aromatic rings. The standard InChI is InChI=1S/4C12H13N.C8H8O3.2CH4O3S.2CH4.I3.HI/c4*1-2-9-13-12-8-7-10-5-3-4-6-11(10)12;9-7(8(10)11)6-4-2-1-3-5-6;2*1-5(2,3)4;;;1-3-2;/h4*1,3-6,12-13H,7-9H2;1-5,7,9H,(H,10,11);2*1H3,(H,2,3,4);2*1H4;;1H/q;;;;;;;;;-1;/t3*12-;;7-;;;;;;/m111.0....../s1. The van der Waals surface area contributed by atoms with E-state index in [4.69, 9.17) is 45.0 Å². The van der Waals surface area contributed by atoms with Gasteiger partial charge in [0.05, 0.1) is 38.7 Å². The average molecular weight is 1570 g/mol. The Bertz CT molecular complexity index is 2600. The van der Waals surface area contributed by atoms with Gasteiger partial charge in [0.1, 0.15) is 0 Å². The number of fused-ring (bicyclic) bond motifs is 4. The molecule has 0 saturated carbocycles. The van der Waals surface area contributed by atoms with Crippen LogP contribution < -0.4 is 34.5 Å². The van der Waals surface area contributed by atoms with Crippen molar-refractivity contribution in [3.63, 3.8) is 0 Å². The van der Waals surface area contributed by atoms with Crippen LogP contribution in [-0.4, -0.2) is 80.8 Å². The Hall–Kier alpha value is -3.65. The first-order chi connectivity index (χ1) is 36.3. The Morgan fingerprint density at radius 1 is 0.519 bits per heavy atom. The number of carboxylic acids is 1. The minimum Gasteiger partial charge on any atom is -0.479 e. The van der Waals surface area contributed by atoms with Crippen LogP contribution >= 0.6 is 61.2 Å². The van der Waals surface area contributed by atoms with Gasteiger partial charge >= 0.3 is 56.5 Å². The topological polar surface area (TPSA) is 214 Å². The van der Waals surface area contributed by atoms with Crippen LogP contribution in [-0.2, 0) is 50.7 Å². The number of nitrogens with one attached hydrogen (secondary N) is 4. The zero-order valence-electron chi connectivity index (χ0n) is 43.0. The maximum atomic E-state index is 10.2. The number of hydrogen-bond donors (Lipinski definition) is 8. The van der Waals surface area contributed by atoms with Crippen molar-refractivity contribution in [2.24, 2.45) is 0 Å². The van der Waals surface area contributed by atoms with Gasteiger partial charge in [-0.3, -0.25) is 30.4 Å². The number of benzene rings is 5. The van der Waals surface area contributed by atoms with Gasteiger partial charge in [-0.2, -0.15) is 16.8 Å². The maximum Gasteiger partial charge on any atom is 0.337 e. The molecule has 432 valence electrons. The van der Waals surface area contributed by atoms with E-state index >= 15 is 0 Å². The number of hydrogen-bond acceptors (Lipinski definition) is 10. The number of halogens is 4. The van der Waals surface area contributed by atoms with E-state index in [9.17, 15) is 21.6 Å². The Balaban J connectivity index is 0. The summed E-state index contributed by atoms with van der Waals surface area (Å²) in [6, 6.07) is 44.5. The van der Waals surface area contributed by atoms with Gasteiger partial charge in [0, 0.05) is 24.2 Å². The molecule has 0 aliphatic heterocycles. The van der Waals surface area contributed by atoms with Gasteiger partial charge in [-0.05, 0) is 101 Å². The van der Waals surface area contributed by atoms with Crippen LogP contribution in [0.5, 0.6) is 0 Å². The summed E-state index contributed by atoms with van der Waals surface area (Å²) in [5.41, 5.74) is 12.0. The smallest absolute Gasteiger partial charge is 0.337 e. The van der Waals surface area contributed by atoms with Crippen LogP contribution in [0.2, 0.25) is 0 Å². The fourth-order valence-corrected chi connectivity index (χ4v) is 8.58. The van der Waals surface area contributed by atoms with Gasteiger partial charge in [0.2, 0.25) is 0 Å². The van der Waals surface area contributed by atoms with Crippen molar-refractivity contribution in [3.05, 3.63) is 177 Å². The second-order valence-electron chi connectivity index (χ2n) is 17.2. The molecule has 5 atom stereocenters. The van der Waals surface area contributed by atoms with Crippen molar-refractivity contribution < 1.29 is 54.2 Å². The molecular formula is C60H77I4N4O9S2-. The zero-order chi connectivity index (χ0) is 56.4. The Kier molecular flexibility index (Phi) is 43.1. The number of aliphatic carboxylic acids is 1. The summed E-state index contributed by atoms with van der Waals surface area (Å²) >= 11 is 5.30. The molecular weight excluding hydrogens is 1490 g/mol. The number of terminal acetylenes is 4. The predicted octanol–water partition coefficient (Wildman–Crippen LogP) is 8.07. The van der Waals surface area contributed by atoms with Gasteiger partial charge in [0.25, 0.3) is 20.2 Å². The Morgan fingerprint density at radius 3 is 0.924 bits per heavy atom. The number of aliphatic hydroxyl groups excluding tert-OH is 1. The molecule has 1 unspecified atom stereocenters. The fraction of sp³-hybridized carbons (Fsp3) is 0.350. The van der Waals surface area contributed by atoms with Crippen molar-refractivity contribution >= 4 is 87.4 Å². The van der Waals surface area contributed by atoms with Gasteiger partial charge in [-0.15, -0.1) is 49.7 Å². The third kappa shape index (κ3) is 33.2. The molecule has 0 amide bonds. The van der Waals surface area contributed by atoms with E-state index in [0.29, 0.717) is 81.7 Å². The van der Waals surface area contributed by atoms with Crippen LogP contribution in [0, 0.1) is 49.4 Å². The molecule has 0 bridgehead atoms. The molecule has 13 nitrogen and oxygen atoms in total. The molecule has 79 heavy (non-hydrogen) atoms. The van der Waals surface area contributed by atoms with Crippen molar-refractivity contribution in [1.82, 2.24) is 21.3 Å². The minimum atomic E-state index is -3.67. The van der Waals surface area contributed by atoms with Crippen molar-refractivity contribution in [1.29, 1.82) is 0 Å².